The molecule has 0 aromatic carbocycles. The molecule has 2 atom stereocenters. The number of nitriles is 1. The number of nitrogens with one attached hydrogen (secondary N) is 3. The largest absolute Gasteiger partial charge is 0.368 e. The number of urea groups is 1. The Bertz CT molecular complexity index is 489. The molecule has 2 amide bonds. The maximum absolute atomic E-state index is 11.8. The van der Waals surface area contributed by atoms with E-state index in [2.05, 4.69) is 28.3 Å². The van der Waals surface area contributed by atoms with Crippen molar-refractivity contribution in [2.75, 3.05) is 26.2 Å². The van der Waals surface area contributed by atoms with Crippen molar-refractivity contribution >= 4 is 34.5 Å². The molecule has 1 heterocycles. The average Bonchev–Trinajstić information content (AvgIpc) is 3.11. The van der Waals surface area contributed by atoms with E-state index in [4.69, 9.17) is 12.2 Å². The molecule has 2 unspecified atom stereocenters. The van der Waals surface area contributed by atoms with Gasteiger partial charge in [0.2, 0.25) is 0 Å². The summed E-state index contributed by atoms with van der Waals surface area (Å²) in [6.07, 6.45) is 6.19. The van der Waals surface area contributed by atoms with Crippen LogP contribution in [0.4, 0.5) is 4.79 Å². The van der Waals surface area contributed by atoms with Crippen molar-refractivity contribution in [3.8, 4) is 6.07 Å². The molecule has 8 heteroatoms. The van der Waals surface area contributed by atoms with Gasteiger partial charge in [-0.3, -0.25) is 0 Å². The fourth-order valence-corrected chi connectivity index (χ4v) is 4.23. The van der Waals surface area contributed by atoms with Crippen molar-refractivity contribution in [1.82, 2.24) is 20.3 Å². The maximum Gasteiger partial charge on any atom is 0.317 e. The van der Waals surface area contributed by atoms with Crippen LogP contribution in [-0.2, 0) is 0 Å². The van der Waals surface area contributed by atoms with Crippen molar-refractivity contribution in [2.24, 2.45) is 5.92 Å². The first-order valence-corrected chi connectivity index (χ1v) is 9.93. The van der Waals surface area contributed by atoms with E-state index >= 15 is 0 Å². The van der Waals surface area contributed by atoms with Gasteiger partial charge >= 0.3 is 6.03 Å². The number of likely N-dealkylation sites (tertiary alicyclic amines) is 1. The molecular weight excluding hydrogens is 342 g/mol. The quantitative estimate of drug-likeness (QED) is 0.392. The topological polar surface area (TPSA) is 80.2 Å². The molecule has 2 fully saturated rings. The molecule has 0 radical (unpaired) electrons. The first kappa shape index (κ1) is 19.3. The monoisotopic (exact) mass is 369 g/mol. The Balaban J connectivity index is 1.61. The second kappa shape index (κ2) is 9.44. The van der Waals surface area contributed by atoms with Crippen LogP contribution < -0.4 is 15.4 Å². The van der Waals surface area contributed by atoms with Crippen LogP contribution in [0.15, 0.2) is 0 Å². The highest BCUT2D eigenvalue weighted by Crippen LogP contribution is 2.33. The third kappa shape index (κ3) is 5.80. The molecule has 134 valence electrons. The summed E-state index contributed by atoms with van der Waals surface area (Å²) in [7, 11) is 0. The zero-order valence-electron chi connectivity index (χ0n) is 14.3. The van der Waals surface area contributed by atoms with E-state index in [0.29, 0.717) is 23.3 Å². The Morgan fingerprint density at radius 3 is 2.71 bits per heavy atom. The summed E-state index contributed by atoms with van der Waals surface area (Å²) in [5.74, 6) is 0.564. The minimum absolute atomic E-state index is 0.00521. The van der Waals surface area contributed by atoms with Crippen molar-refractivity contribution in [2.45, 2.75) is 51.0 Å². The predicted molar refractivity (Wildman–Crippen MR) is 102 cm³/mol. The van der Waals surface area contributed by atoms with Gasteiger partial charge in [-0.1, -0.05) is 32.0 Å². The lowest BCUT2D eigenvalue weighted by molar-refractivity contribution is 0.209. The predicted octanol–water partition coefficient (Wildman–Crippen LogP) is 2.38. The summed E-state index contributed by atoms with van der Waals surface area (Å²) in [5, 5.41) is 15.5. The zero-order valence-corrected chi connectivity index (χ0v) is 15.9. The molecule has 0 aromatic heterocycles. The highest BCUT2D eigenvalue weighted by Gasteiger charge is 2.35. The molecule has 0 spiro atoms. The summed E-state index contributed by atoms with van der Waals surface area (Å²) in [4.78, 5) is 13.7. The molecule has 3 N–H and O–H groups in total. The van der Waals surface area contributed by atoms with Crippen LogP contribution in [0.25, 0.3) is 0 Å². The van der Waals surface area contributed by atoms with E-state index in [1.807, 2.05) is 4.90 Å². The van der Waals surface area contributed by atoms with E-state index < -0.39 is 5.54 Å². The summed E-state index contributed by atoms with van der Waals surface area (Å²) in [6.45, 7) is 5.02. The molecule has 6 nitrogen and oxygen atoms in total. The summed E-state index contributed by atoms with van der Waals surface area (Å²) in [6, 6.07) is 2.44. The fourth-order valence-electron chi connectivity index (χ4n) is 3.31. The number of amides is 2. The van der Waals surface area contributed by atoms with E-state index in [1.165, 1.54) is 18.4 Å². The van der Waals surface area contributed by atoms with Gasteiger partial charge in [-0.15, -0.1) is 0 Å². The van der Waals surface area contributed by atoms with Gasteiger partial charge in [0.1, 0.15) is 9.86 Å². The van der Waals surface area contributed by atoms with Crippen LogP contribution in [0.3, 0.4) is 0 Å². The van der Waals surface area contributed by atoms with Gasteiger partial charge in [0.05, 0.1) is 6.07 Å². The minimum atomic E-state index is -0.474. The van der Waals surface area contributed by atoms with Crippen LogP contribution in [0.1, 0.15) is 45.4 Å². The molecule has 0 aromatic rings. The molecule has 2 aliphatic rings. The van der Waals surface area contributed by atoms with E-state index in [1.54, 1.807) is 0 Å². The van der Waals surface area contributed by atoms with E-state index in [-0.39, 0.29) is 6.03 Å². The molecule has 1 saturated heterocycles. The summed E-state index contributed by atoms with van der Waals surface area (Å²) in [5.41, 5.74) is -0.474. The third-order valence-electron chi connectivity index (χ3n) is 4.61. The molecule has 0 bridgehead atoms. The lowest BCUT2D eigenvalue weighted by atomic mass is 9.78. The Hall–Kier alpha value is -1.04. The number of carbonyl (C=O) groups is 1. The number of thiocarbonyl (C=S) groups is 1. The van der Waals surface area contributed by atoms with Gasteiger partial charge < -0.3 is 15.5 Å². The second-order valence-electron chi connectivity index (χ2n) is 6.74. The Morgan fingerprint density at radius 2 is 2.04 bits per heavy atom. The molecular formula is C16H27N5OS2. The standard InChI is InChI=1S/C16H27N5OS2/c1-13-5-4-6-16(11-13,12-17)20-24-15(23)19-8-7-18-14(22)21-9-2-3-10-21/h13,20H,2-11H2,1H3,(H,18,22)(H,19,23). The van der Waals surface area contributed by atoms with Crippen molar-refractivity contribution in [1.29, 1.82) is 5.26 Å². The molecule has 1 aliphatic carbocycles. The smallest absolute Gasteiger partial charge is 0.317 e. The van der Waals surface area contributed by atoms with Crippen molar-refractivity contribution < 1.29 is 4.79 Å². The van der Waals surface area contributed by atoms with Crippen molar-refractivity contribution in [3.05, 3.63) is 0 Å². The number of hydrogen-bond donors (Lipinski definition) is 3. The lowest BCUT2D eigenvalue weighted by Crippen LogP contribution is -2.45. The highest BCUT2D eigenvalue weighted by atomic mass is 32.2. The Morgan fingerprint density at radius 1 is 1.33 bits per heavy atom. The first-order valence-electron chi connectivity index (χ1n) is 8.70. The number of hydrogen-bond acceptors (Lipinski definition) is 5. The summed E-state index contributed by atoms with van der Waals surface area (Å²) < 4.78 is 3.88. The molecule has 1 saturated carbocycles. The number of carbonyl (C=O) groups excluding carboxylic acids is 1. The van der Waals surface area contributed by atoms with Gasteiger partial charge in [-0.05, 0) is 43.5 Å². The molecule has 1 aliphatic heterocycles. The van der Waals surface area contributed by atoms with Crippen LogP contribution >= 0.6 is 24.2 Å². The van der Waals surface area contributed by atoms with Gasteiger partial charge in [0, 0.05) is 26.2 Å². The molecule has 2 rings (SSSR count). The van der Waals surface area contributed by atoms with Crippen LogP contribution in [-0.4, -0.2) is 47.0 Å². The SMILES string of the molecule is CC1CCCC(C#N)(NSC(=S)NCCNC(=O)N2CCCC2)C1. The summed E-state index contributed by atoms with van der Waals surface area (Å²) >= 11 is 6.61. The van der Waals surface area contributed by atoms with Crippen LogP contribution in [0, 0.1) is 17.2 Å². The van der Waals surface area contributed by atoms with Crippen molar-refractivity contribution in [3.63, 3.8) is 0 Å². The minimum Gasteiger partial charge on any atom is -0.368 e. The maximum atomic E-state index is 11.8. The van der Waals surface area contributed by atoms with E-state index in [0.717, 1.165) is 45.2 Å². The van der Waals surface area contributed by atoms with E-state index in [9.17, 15) is 10.1 Å². The first-order chi connectivity index (χ1) is 11.5. The fraction of sp³-hybridized carbons (Fsp3) is 0.812. The Kier molecular flexibility index (Phi) is 7.59. The third-order valence-corrected chi connectivity index (χ3v) is 5.83. The number of nitrogens with zero attached hydrogens (tertiary/aromatic N) is 2. The highest BCUT2D eigenvalue weighted by molar-refractivity contribution is 8.21. The Labute approximate surface area is 154 Å². The second-order valence-corrected chi connectivity index (χ2v) is 8.22. The van der Waals surface area contributed by atoms with Gasteiger partial charge in [-0.2, -0.15) is 5.26 Å². The van der Waals surface area contributed by atoms with Crippen LogP contribution in [0.2, 0.25) is 0 Å². The molecule has 24 heavy (non-hydrogen) atoms. The lowest BCUT2D eigenvalue weighted by Gasteiger charge is -2.34. The zero-order chi connectivity index (χ0) is 17.4. The van der Waals surface area contributed by atoms with Gasteiger partial charge in [-0.25, -0.2) is 9.52 Å². The normalized spacial score (nSPS) is 26.7. The number of rotatable bonds is 5. The average molecular weight is 370 g/mol. The van der Waals surface area contributed by atoms with Crippen LogP contribution in [0.5, 0.6) is 0 Å². The van der Waals surface area contributed by atoms with Gasteiger partial charge in [0.25, 0.3) is 0 Å². The van der Waals surface area contributed by atoms with Gasteiger partial charge in [0.15, 0.2) is 0 Å².